The second kappa shape index (κ2) is 6.87. The molecule has 1 aromatic heterocycles. The van der Waals surface area contributed by atoms with Crippen LogP contribution in [0, 0.1) is 0 Å². The number of likely N-dealkylation sites (N-methyl/N-ethyl adjacent to an activating group) is 1. The van der Waals surface area contributed by atoms with Crippen molar-refractivity contribution < 1.29 is 0 Å². The van der Waals surface area contributed by atoms with Crippen LogP contribution in [0.5, 0.6) is 0 Å². The number of rotatable bonds is 6. The van der Waals surface area contributed by atoms with E-state index in [9.17, 15) is 0 Å². The SMILES string of the molecule is CCN(CC)CCNc1cc(Br)c2ccccc2n1. The van der Waals surface area contributed by atoms with E-state index in [1.807, 2.05) is 24.3 Å². The molecule has 0 aliphatic carbocycles. The van der Waals surface area contributed by atoms with Crippen molar-refractivity contribution in [3.05, 3.63) is 34.8 Å². The summed E-state index contributed by atoms with van der Waals surface area (Å²) in [6.07, 6.45) is 0. The Bertz CT molecular complexity index is 538. The van der Waals surface area contributed by atoms with Gasteiger partial charge in [-0.3, -0.25) is 0 Å². The molecule has 1 N–H and O–H groups in total. The normalized spacial score (nSPS) is 11.2. The van der Waals surface area contributed by atoms with Gasteiger partial charge >= 0.3 is 0 Å². The molecule has 4 heteroatoms. The number of hydrogen-bond donors (Lipinski definition) is 1. The van der Waals surface area contributed by atoms with E-state index >= 15 is 0 Å². The van der Waals surface area contributed by atoms with Crippen molar-refractivity contribution in [2.24, 2.45) is 0 Å². The summed E-state index contributed by atoms with van der Waals surface area (Å²) < 4.78 is 1.09. The molecule has 3 nitrogen and oxygen atoms in total. The van der Waals surface area contributed by atoms with Gasteiger partial charge in [0.25, 0.3) is 0 Å². The molecule has 1 heterocycles. The summed E-state index contributed by atoms with van der Waals surface area (Å²) in [5.74, 6) is 0.928. The first-order valence-electron chi connectivity index (χ1n) is 6.76. The predicted molar refractivity (Wildman–Crippen MR) is 85.7 cm³/mol. The third-order valence-electron chi connectivity index (χ3n) is 3.29. The van der Waals surface area contributed by atoms with Crippen molar-refractivity contribution in [1.82, 2.24) is 9.88 Å². The molecule has 2 rings (SSSR count). The van der Waals surface area contributed by atoms with E-state index in [1.165, 1.54) is 0 Å². The Kier molecular flexibility index (Phi) is 5.16. The molecule has 1 aromatic carbocycles. The van der Waals surface area contributed by atoms with Crippen LogP contribution in [-0.4, -0.2) is 36.1 Å². The topological polar surface area (TPSA) is 28.2 Å². The van der Waals surface area contributed by atoms with Crippen LogP contribution < -0.4 is 5.32 Å². The summed E-state index contributed by atoms with van der Waals surface area (Å²) in [7, 11) is 0. The van der Waals surface area contributed by atoms with Gasteiger partial charge in [0, 0.05) is 22.9 Å². The average Bonchev–Trinajstić information content (AvgIpc) is 2.44. The van der Waals surface area contributed by atoms with Crippen molar-refractivity contribution in [2.75, 3.05) is 31.5 Å². The first-order chi connectivity index (χ1) is 9.24. The van der Waals surface area contributed by atoms with E-state index in [0.717, 1.165) is 47.4 Å². The molecular formula is C15H20BrN3. The first-order valence-corrected chi connectivity index (χ1v) is 7.55. The monoisotopic (exact) mass is 321 g/mol. The van der Waals surface area contributed by atoms with E-state index in [2.05, 4.69) is 51.0 Å². The van der Waals surface area contributed by atoms with Crippen LogP contribution in [0.15, 0.2) is 34.8 Å². The van der Waals surface area contributed by atoms with Gasteiger partial charge in [-0.1, -0.05) is 32.0 Å². The number of fused-ring (bicyclic) bond motifs is 1. The molecular weight excluding hydrogens is 302 g/mol. The lowest BCUT2D eigenvalue weighted by Gasteiger charge is -2.18. The van der Waals surface area contributed by atoms with Crippen LogP contribution in [-0.2, 0) is 0 Å². The summed E-state index contributed by atoms with van der Waals surface area (Å²) in [4.78, 5) is 7.02. The van der Waals surface area contributed by atoms with E-state index < -0.39 is 0 Å². The molecule has 0 aliphatic rings. The van der Waals surface area contributed by atoms with Gasteiger partial charge in [0.05, 0.1) is 5.52 Å². The molecule has 0 spiro atoms. The quantitative estimate of drug-likeness (QED) is 0.878. The van der Waals surface area contributed by atoms with E-state index in [0.29, 0.717) is 0 Å². The molecule has 0 radical (unpaired) electrons. The van der Waals surface area contributed by atoms with Crippen molar-refractivity contribution in [3.63, 3.8) is 0 Å². The minimum Gasteiger partial charge on any atom is -0.369 e. The lowest BCUT2D eigenvalue weighted by atomic mass is 10.2. The third kappa shape index (κ3) is 3.67. The summed E-state index contributed by atoms with van der Waals surface area (Å²) in [6.45, 7) is 8.52. The lowest BCUT2D eigenvalue weighted by Crippen LogP contribution is -2.28. The van der Waals surface area contributed by atoms with Crippen LogP contribution in [0.25, 0.3) is 10.9 Å². The molecule has 0 fully saturated rings. The van der Waals surface area contributed by atoms with Crippen molar-refractivity contribution >= 4 is 32.7 Å². The van der Waals surface area contributed by atoms with Crippen LogP contribution in [0.2, 0.25) is 0 Å². The number of benzene rings is 1. The summed E-state index contributed by atoms with van der Waals surface area (Å²) in [5, 5.41) is 4.54. The van der Waals surface area contributed by atoms with Crippen LogP contribution >= 0.6 is 15.9 Å². The number of anilines is 1. The lowest BCUT2D eigenvalue weighted by molar-refractivity contribution is 0.316. The van der Waals surface area contributed by atoms with Gasteiger partial charge in [-0.15, -0.1) is 0 Å². The van der Waals surface area contributed by atoms with Crippen LogP contribution in [0.4, 0.5) is 5.82 Å². The van der Waals surface area contributed by atoms with E-state index in [-0.39, 0.29) is 0 Å². The molecule has 0 atom stereocenters. The molecule has 0 aliphatic heterocycles. The van der Waals surface area contributed by atoms with Crippen molar-refractivity contribution in [3.8, 4) is 0 Å². The number of hydrogen-bond acceptors (Lipinski definition) is 3. The van der Waals surface area contributed by atoms with Gasteiger partial charge in [-0.05, 0) is 41.2 Å². The van der Waals surface area contributed by atoms with Crippen molar-refractivity contribution in [2.45, 2.75) is 13.8 Å². The third-order valence-corrected chi connectivity index (χ3v) is 3.95. The second-order valence-corrected chi connectivity index (χ2v) is 5.31. The van der Waals surface area contributed by atoms with Gasteiger partial charge < -0.3 is 10.2 Å². The zero-order valence-electron chi connectivity index (χ0n) is 11.5. The Morgan fingerprint density at radius 2 is 1.95 bits per heavy atom. The summed E-state index contributed by atoms with van der Waals surface area (Å²) >= 11 is 3.61. The molecule has 19 heavy (non-hydrogen) atoms. The minimum absolute atomic E-state index is 0.916. The van der Waals surface area contributed by atoms with Gasteiger partial charge in [0.15, 0.2) is 0 Å². The number of aromatic nitrogens is 1. The Morgan fingerprint density at radius 1 is 1.21 bits per heavy atom. The molecule has 0 unspecified atom stereocenters. The number of para-hydroxylation sites is 1. The fourth-order valence-corrected chi connectivity index (χ4v) is 2.66. The highest BCUT2D eigenvalue weighted by Gasteiger charge is 2.03. The Balaban J connectivity index is 2.05. The van der Waals surface area contributed by atoms with Crippen LogP contribution in [0.3, 0.4) is 0 Å². The van der Waals surface area contributed by atoms with E-state index in [4.69, 9.17) is 0 Å². The molecule has 102 valence electrons. The maximum atomic E-state index is 4.62. The summed E-state index contributed by atoms with van der Waals surface area (Å²) in [6, 6.07) is 10.2. The van der Waals surface area contributed by atoms with Crippen molar-refractivity contribution in [1.29, 1.82) is 0 Å². The predicted octanol–water partition coefficient (Wildman–Crippen LogP) is 3.75. The number of nitrogens with zero attached hydrogens (tertiary/aromatic N) is 2. The molecule has 0 bridgehead atoms. The highest BCUT2D eigenvalue weighted by Crippen LogP contribution is 2.25. The van der Waals surface area contributed by atoms with Gasteiger partial charge in [0.2, 0.25) is 0 Å². The fraction of sp³-hybridized carbons (Fsp3) is 0.400. The smallest absolute Gasteiger partial charge is 0.127 e. The first kappa shape index (κ1) is 14.3. The molecule has 0 saturated carbocycles. The van der Waals surface area contributed by atoms with Crippen LogP contribution in [0.1, 0.15) is 13.8 Å². The zero-order valence-corrected chi connectivity index (χ0v) is 13.1. The minimum atomic E-state index is 0.916. The number of halogens is 1. The Hall–Kier alpha value is -1.13. The number of pyridine rings is 1. The molecule has 0 amide bonds. The van der Waals surface area contributed by atoms with Gasteiger partial charge in [0.1, 0.15) is 5.82 Å². The highest BCUT2D eigenvalue weighted by atomic mass is 79.9. The maximum absolute atomic E-state index is 4.62. The largest absolute Gasteiger partial charge is 0.369 e. The Labute approximate surface area is 123 Å². The average molecular weight is 322 g/mol. The van der Waals surface area contributed by atoms with Gasteiger partial charge in [-0.2, -0.15) is 0 Å². The van der Waals surface area contributed by atoms with E-state index in [1.54, 1.807) is 0 Å². The number of nitrogens with one attached hydrogen (secondary N) is 1. The molecule has 2 aromatic rings. The van der Waals surface area contributed by atoms with Gasteiger partial charge in [-0.25, -0.2) is 4.98 Å². The zero-order chi connectivity index (χ0) is 13.7. The summed E-state index contributed by atoms with van der Waals surface area (Å²) in [5.41, 5.74) is 1.02. The maximum Gasteiger partial charge on any atom is 0.127 e. The highest BCUT2D eigenvalue weighted by molar-refractivity contribution is 9.10. The fourth-order valence-electron chi connectivity index (χ4n) is 2.11. The standard InChI is InChI=1S/C15H20BrN3/c1-3-19(4-2)10-9-17-15-11-13(16)12-7-5-6-8-14(12)18-15/h5-8,11H,3-4,9-10H2,1-2H3,(H,17,18). The molecule has 0 saturated heterocycles. The Morgan fingerprint density at radius 3 is 2.68 bits per heavy atom. The second-order valence-electron chi connectivity index (χ2n) is 4.46.